The van der Waals surface area contributed by atoms with Crippen LogP contribution in [-0.2, 0) is 0 Å². The molecule has 0 amide bonds. The minimum Gasteiger partial charge on any atom is -0.368 e. The fraction of sp³-hybridized carbons (Fsp3) is 0.267. The van der Waals surface area contributed by atoms with Crippen molar-refractivity contribution < 1.29 is 0 Å². The summed E-state index contributed by atoms with van der Waals surface area (Å²) in [4.78, 5) is 8.44. The SMILES string of the molecule is CCCCSc1nc(N)nc(-c2ccccc2)c1C#N. The summed E-state index contributed by atoms with van der Waals surface area (Å²) in [5, 5.41) is 10.1. The van der Waals surface area contributed by atoms with E-state index in [0.717, 1.165) is 24.2 Å². The fourth-order valence-electron chi connectivity index (χ4n) is 1.78. The number of nitrogen functional groups attached to an aromatic ring is 1. The van der Waals surface area contributed by atoms with E-state index in [1.165, 1.54) is 0 Å². The van der Waals surface area contributed by atoms with Crippen LogP contribution in [-0.4, -0.2) is 15.7 Å². The molecule has 0 aliphatic rings. The van der Waals surface area contributed by atoms with Gasteiger partial charge in [-0.05, 0) is 12.2 Å². The standard InChI is InChI=1S/C15H16N4S/c1-2-3-9-20-14-12(10-16)13(18-15(17)19-14)11-7-5-4-6-8-11/h4-8H,2-3,9H2,1H3,(H2,17,18,19). The van der Waals surface area contributed by atoms with Crippen LogP contribution in [0, 0.1) is 11.3 Å². The molecule has 0 saturated carbocycles. The number of benzene rings is 1. The van der Waals surface area contributed by atoms with Gasteiger partial charge in [-0.1, -0.05) is 43.7 Å². The minimum absolute atomic E-state index is 0.210. The molecule has 0 atom stereocenters. The number of aromatic nitrogens is 2. The van der Waals surface area contributed by atoms with Gasteiger partial charge in [0, 0.05) is 5.56 Å². The molecule has 0 fully saturated rings. The molecule has 0 bridgehead atoms. The van der Waals surface area contributed by atoms with Crippen molar-refractivity contribution in [2.24, 2.45) is 0 Å². The van der Waals surface area contributed by atoms with Gasteiger partial charge in [0.1, 0.15) is 16.7 Å². The number of hydrogen-bond donors (Lipinski definition) is 1. The van der Waals surface area contributed by atoms with Gasteiger partial charge in [-0.25, -0.2) is 9.97 Å². The number of nitrogens with zero attached hydrogens (tertiary/aromatic N) is 3. The van der Waals surface area contributed by atoms with Crippen molar-refractivity contribution in [3.63, 3.8) is 0 Å². The predicted molar refractivity (Wildman–Crippen MR) is 82.2 cm³/mol. The number of thioether (sulfide) groups is 1. The first kappa shape index (κ1) is 14.4. The van der Waals surface area contributed by atoms with E-state index in [2.05, 4.69) is 23.0 Å². The highest BCUT2D eigenvalue weighted by atomic mass is 32.2. The quantitative estimate of drug-likeness (QED) is 0.516. The Bertz CT molecular complexity index is 620. The lowest BCUT2D eigenvalue weighted by atomic mass is 10.1. The highest BCUT2D eigenvalue weighted by Gasteiger charge is 2.15. The van der Waals surface area contributed by atoms with Crippen molar-refractivity contribution >= 4 is 17.7 Å². The van der Waals surface area contributed by atoms with Crippen molar-refractivity contribution in [1.82, 2.24) is 9.97 Å². The number of unbranched alkanes of at least 4 members (excludes halogenated alkanes) is 1. The van der Waals surface area contributed by atoms with Gasteiger partial charge in [0.2, 0.25) is 5.95 Å². The van der Waals surface area contributed by atoms with E-state index in [0.29, 0.717) is 16.3 Å². The summed E-state index contributed by atoms with van der Waals surface area (Å²) in [6, 6.07) is 11.8. The van der Waals surface area contributed by atoms with Crippen LogP contribution in [0.4, 0.5) is 5.95 Å². The Hall–Kier alpha value is -2.06. The van der Waals surface area contributed by atoms with E-state index in [1.54, 1.807) is 11.8 Å². The van der Waals surface area contributed by atoms with Crippen LogP contribution in [0.25, 0.3) is 11.3 Å². The predicted octanol–water partition coefficient (Wildman–Crippen LogP) is 3.49. The summed E-state index contributed by atoms with van der Waals surface area (Å²) in [7, 11) is 0. The van der Waals surface area contributed by atoms with Crippen LogP contribution in [0.1, 0.15) is 25.3 Å². The topological polar surface area (TPSA) is 75.6 Å². The van der Waals surface area contributed by atoms with E-state index in [1.807, 2.05) is 30.3 Å². The molecular formula is C15H16N4S. The van der Waals surface area contributed by atoms with Gasteiger partial charge >= 0.3 is 0 Å². The van der Waals surface area contributed by atoms with E-state index in [4.69, 9.17) is 5.73 Å². The molecule has 1 heterocycles. The van der Waals surface area contributed by atoms with E-state index in [-0.39, 0.29) is 5.95 Å². The second-order valence-corrected chi connectivity index (χ2v) is 5.37. The molecule has 1 aromatic carbocycles. The molecule has 102 valence electrons. The van der Waals surface area contributed by atoms with Crippen LogP contribution in [0.2, 0.25) is 0 Å². The zero-order chi connectivity index (χ0) is 14.4. The number of anilines is 1. The monoisotopic (exact) mass is 284 g/mol. The third kappa shape index (κ3) is 3.28. The zero-order valence-corrected chi connectivity index (χ0v) is 12.2. The molecular weight excluding hydrogens is 268 g/mol. The molecule has 0 saturated heterocycles. The summed E-state index contributed by atoms with van der Waals surface area (Å²) in [5.41, 5.74) is 7.78. The van der Waals surface area contributed by atoms with E-state index < -0.39 is 0 Å². The molecule has 0 spiro atoms. The zero-order valence-electron chi connectivity index (χ0n) is 11.3. The normalized spacial score (nSPS) is 10.2. The molecule has 5 heteroatoms. The summed E-state index contributed by atoms with van der Waals surface area (Å²) in [5.74, 6) is 1.14. The Labute approximate surface area is 123 Å². The third-order valence-electron chi connectivity index (χ3n) is 2.79. The maximum Gasteiger partial charge on any atom is 0.221 e. The largest absolute Gasteiger partial charge is 0.368 e. The van der Waals surface area contributed by atoms with Crippen LogP contribution >= 0.6 is 11.8 Å². The van der Waals surface area contributed by atoms with Gasteiger partial charge in [-0.2, -0.15) is 5.26 Å². The third-order valence-corrected chi connectivity index (χ3v) is 3.85. The molecule has 2 rings (SSSR count). The maximum atomic E-state index is 9.42. The number of nitriles is 1. The Morgan fingerprint density at radius 1 is 1.25 bits per heavy atom. The highest BCUT2D eigenvalue weighted by Crippen LogP contribution is 2.29. The Balaban J connectivity index is 2.44. The van der Waals surface area contributed by atoms with Crippen molar-refractivity contribution in [2.45, 2.75) is 24.8 Å². The Kier molecular flexibility index (Phi) is 4.97. The smallest absolute Gasteiger partial charge is 0.221 e. The molecule has 0 radical (unpaired) electrons. The fourth-order valence-corrected chi connectivity index (χ4v) is 2.85. The average molecular weight is 284 g/mol. The number of nitrogens with two attached hydrogens (primary N) is 1. The lowest BCUT2D eigenvalue weighted by molar-refractivity contribution is 0.894. The number of rotatable bonds is 5. The second-order valence-electron chi connectivity index (χ2n) is 4.29. The molecule has 0 aliphatic carbocycles. The minimum atomic E-state index is 0.210. The lowest BCUT2D eigenvalue weighted by Crippen LogP contribution is -2.02. The van der Waals surface area contributed by atoms with Crippen LogP contribution in [0.3, 0.4) is 0 Å². The van der Waals surface area contributed by atoms with Crippen molar-refractivity contribution in [1.29, 1.82) is 5.26 Å². The first-order valence-electron chi connectivity index (χ1n) is 6.52. The molecule has 20 heavy (non-hydrogen) atoms. The summed E-state index contributed by atoms with van der Waals surface area (Å²) in [6.07, 6.45) is 2.20. The molecule has 4 nitrogen and oxygen atoms in total. The van der Waals surface area contributed by atoms with Crippen molar-refractivity contribution in [2.75, 3.05) is 11.5 Å². The van der Waals surface area contributed by atoms with Gasteiger partial charge in [0.25, 0.3) is 0 Å². The Morgan fingerprint density at radius 2 is 2.00 bits per heavy atom. The van der Waals surface area contributed by atoms with Gasteiger partial charge in [-0.15, -0.1) is 11.8 Å². The Morgan fingerprint density at radius 3 is 2.65 bits per heavy atom. The molecule has 0 unspecified atom stereocenters. The van der Waals surface area contributed by atoms with Crippen molar-refractivity contribution in [3.8, 4) is 17.3 Å². The second kappa shape index (κ2) is 6.92. The first-order valence-corrected chi connectivity index (χ1v) is 7.50. The number of hydrogen-bond acceptors (Lipinski definition) is 5. The first-order chi connectivity index (χ1) is 9.76. The van der Waals surface area contributed by atoms with E-state index in [9.17, 15) is 5.26 Å². The maximum absolute atomic E-state index is 9.42. The molecule has 1 aromatic heterocycles. The molecule has 0 aliphatic heterocycles. The highest BCUT2D eigenvalue weighted by molar-refractivity contribution is 7.99. The van der Waals surface area contributed by atoms with Crippen LogP contribution in [0.15, 0.2) is 35.4 Å². The van der Waals surface area contributed by atoms with Crippen LogP contribution in [0.5, 0.6) is 0 Å². The average Bonchev–Trinajstić information content (AvgIpc) is 2.48. The van der Waals surface area contributed by atoms with Gasteiger partial charge in [0.15, 0.2) is 0 Å². The molecule has 2 aromatic rings. The van der Waals surface area contributed by atoms with Gasteiger partial charge in [0.05, 0.1) is 5.69 Å². The van der Waals surface area contributed by atoms with E-state index >= 15 is 0 Å². The summed E-state index contributed by atoms with van der Waals surface area (Å²) in [6.45, 7) is 2.13. The van der Waals surface area contributed by atoms with Gasteiger partial charge in [-0.3, -0.25) is 0 Å². The van der Waals surface area contributed by atoms with Gasteiger partial charge < -0.3 is 5.73 Å². The van der Waals surface area contributed by atoms with Crippen molar-refractivity contribution in [3.05, 3.63) is 35.9 Å². The molecule has 2 N–H and O–H groups in total. The summed E-state index contributed by atoms with van der Waals surface area (Å²) < 4.78 is 0. The van der Waals surface area contributed by atoms with Crippen LogP contribution < -0.4 is 5.73 Å². The lowest BCUT2D eigenvalue weighted by Gasteiger charge is -2.09. The summed E-state index contributed by atoms with van der Waals surface area (Å²) >= 11 is 1.57.